The summed E-state index contributed by atoms with van der Waals surface area (Å²) in [6.45, 7) is 1.71. The van der Waals surface area contributed by atoms with Gasteiger partial charge in [-0.05, 0) is 42.8 Å². The zero-order chi connectivity index (χ0) is 18.0. The van der Waals surface area contributed by atoms with Crippen molar-refractivity contribution in [3.05, 3.63) is 53.6 Å². The largest absolute Gasteiger partial charge is 0.479 e. The number of carbonyl (C=O) groups is 2. The molecule has 2 aromatic carbocycles. The third kappa shape index (κ3) is 3.45. The van der Waals surface area contributed by atoms with Crippen LogP contribution in [0, 0.1) is 11.3 Å². The molecule has 6 heteroatoms. The molecule has 1 aliphatic heterocycles. The van der Waals surface area contributed by atoms with Gasteiger partial charge in [0.05, 0.1) is 23.7 Å². The molecule has 25 heavy (non-hydrogen) atoms. The van der Waals surface area contributed by atoms with E-state index in [2.05, 4.69) is 5.32 Å². The molecule has 3 rings (SSSR count). The third-order valence-electron chi connectivity index (χ3n) is 4.01. The van der Waals surface area contributed by atoms with Crippen LogP contribution in [-0.4, -0.2) is 25.0 Å². The van der Waals surface area contributed by atoms with E-state index in [1.54, 1.807) is 61.3 Å². The molecule has 0 fully saturated rings. The summed E-state index contributed by atoms with van der Waals surface area (Å²) in [4.78, 5) is 25.8. The molecule has 0 bridgehead atoms. The molecule has 1 aliphatic rings. The number of benzene rings is 2. The Labute approximate surface area is 145 Å². The molecule has 0 aliphatic carbocycles. The van der Waals surface area contributed by atoms with Gasteiger partial charge in [0.2, 0.25) is 5.91 Å². The van der Waals surface area contributed by atoms with Crippen LogP contribution in [0.5, 0.6) is 5.75 Å². The van der Waals surface area contributed by atoms with Gasteiger partial charge in [-0.3, -0.25) is 9.59 Å². The third-order valence-corrected chi connectivity index (χ3v) is 4.01. The second-order valence-electron chi connectivity index (χ2n) is 5.88. The number of anilines is 2. The van der Waals surface area contributed by atoms with Crippen molar-refractivity contribution in [3.8, 4) is 11.8 Å². The van der Waals surface area contributed by atoms with Gasteiger partial charge in [0.1, 0.15) is 5.75 Å². The highest BCUT2D eigenvalue weighted by Crippen LogP contribution is 2.34. The Morgan fingerprint density at radius 2 is 2.12 bits per heavy atom. The zero-order valence-corrected chi connectivity index (χ0v) is 13.9. The summed E-state index contributed by atoms with van der Waals surface area (Å²) in [6.07, 6.45) is -0.360. The molecule has 1 N–H and O–H groups in total. The molecule has 126 valence electrons. The van der Waals surface area contributed by atoms with E-state index in [1.807, 2.05) is 6.07 Å². The molecule has 0 spiro atoms. The normalized spacial score (nSPS) is 15.8. The molecule has 1 atom stereocenters. The maximum absolute atomic E-state index is 12.2. The molecule has 0 aromatic heterocycles. The zero-order valence-electron chi connectivity index (χ0n) is 13.9. The van der Waals surface area contributed by atoms with E-state index in [4.69, 9.17) is 10.00 Å². The fraction of sp³-hybridized carbons (Fsp3) is 0.211. The first-order chi connectivity index (χ1) is 12.0. The van der Waals surface area contributed by atoms with Gasteiger partial charge in [0.25, 0.3) is 5.91 Å². The fourth-order valence-electron chi connectivity index (χ4n) is 2.72. The van der Waals surface area contributed by atoms with Crippen LogP contribution in [0.1, 0.15) is 18.1 Å². The molecule has 0 radical (unpaired) electrons. The topological polar surface area (TPSA) is 82.4 Å². The number of hydrogen-bond donors (Lipinski definition) is 1. The summed E-state index contributed by atoms with van der Waals surface area (Å²) >= 11 is 0. The lowest BCUT2D eigenvalue weighted by atomic mass is 10.1. The lowest BCUT2D eigenvalue weighted by molar-refractivity contribution is -0.125. The number of nitriles is 1. The number of rotatable bonds is 3. The van der Waals surface area contributed by atoms with Gasteiger partial charge >= 0.3 is 0 Å². The Hall–Kier alpha value is -3.33. The van der Waals surface area contributed by atoms with Crippen LogP contribution in [-0.2, 0) is 16.0 Å². The molecule has 0 saturated heterocycles. The van der Waals surface area contributed by atoms with Crippen LogP contribution in [0.2, 0.25) is 0 Å². The molecule has 6 nitrogen and oxygen atoms in total. The number of likely N-dealkylation sites (N-methyl/N-ethyl adjacent to an activating group) is 1. The Morgan fingerprint density at radius 3 is 2.88 bits per heavy atom. The van der Waals surface area contributed by atoms with Gasteiger partial charge < -0.3 is 15.0 Å². The first kappa shape index (κ1) is 16.5. The van der Waals surface area contributed by atoms with Gasteiger partial charge in [-0.25, -0.2) is 0 Å². The Kier molecular flexibility index (Phi) is 4.40. The van der Waals surface area contributed by atoms with Crippen molar-refractivity contribution in [2.24, 2.45) is 0 Å². The first-order valence-electron chi connectivity index (χ1n) is 7.85. The minimum atomic E-state index is -0.515. The maximum Gasteiger partial charge on any atom is 0.267 e. The van der Waals surface area contributed by atoms with Crippen LogP contribution in [0.3, 0.4) is 0 Å². The number of amides is 2. The number of nitrogens with zero attached hydrogens (tertiary/aromatic N) is 2. The number of hydrogen-bond acceptors (Lipinski definition) is 4. The molecule has 2 amide bonds. The molecule has 1 heterocycles. The summed E-state index contributed by atoms with van der Waals surface area (Å²) in [5.41, 5.74) is 2.48. The summed E-state index contributed by atoms with van der Waals surface area (Å²) in [7, 11) is 1.69. The van der Waals surface area contributed by atoms with Crippen molar-refractivity contribution in [2.45, 2.75) is 19.4 Å². The monoisotopic (exact) mass is 335 g/mol. The predicted molar refractivity (Wildman–Crippen MR) is 93.4 cm³/mol. The minimum Gasteiger partial charge on any atom is -0.479 e. The highest BCUT2D eigenvalue weighted by atomic mass is 16.5. The van der Waals surface area contributed by atoms with Crippen molar-refractivity contribution in [1.29, 1.82) is 5.26 Å². The number of nitrogens with one attached hydrogen (secondary N) is 1. The van der Waals surface area contributed by atoms with Crippen molar-refractivity contribution in [2.75, 3.05) is 17.3 Å². The number of carbonyl (C=O) groups excluding carboxylic acids is 2. The van der Waals surface area contributed by atoms with E-state index in [9.17, 15) is 9.59 Å². The van der Waals surface area contributed by atoms with E-state index >= 15 is 0 Å². The van der Waals surface area contributed by atoms with E-state index in [0.29, 0.717) is 22.7 Å². The van der Waals surface area contributed by atoms with Gasteiger partial charge in [0, 0.05) is 12.7 Å². The van der Waals surface area contributed by atoms with Crippen LogP contribution in [0.25, 0.3) is 0 Å². The summed E-state index contributed by atoms with van der Waals surface area (Å²) in [5, 5.41) is 11.7. The standard InChI is InChI=1S/C19H17N3O3/c1-12-19(24)22(2)16-9-13(6-7-17(16)25-12)10-18(23)21-15-5-3-4-14(8-15)11-20/h3-9,12H,10H2,1-2H3,(H,21,23). The molecular weight excluding hydrogens is 318 g/mol. The van der Waals surface area contributed by atoms with Gasteiger partial charge in [-0.1, -0.05) is 12.1 Å². The van der Waals surface area contributed by atoms with E-state index in [1.165, 1.54) is 0 Å². The lowest BCUT2D eigenvalue weighted by Crippen LogP contribution is -2.42. The maximum atomic E-state index is 12.2. The summed E-state index contributed by atoms with van der Waals surface area (Å²) < 4.78 is 5.57. The second kappa shape index (κ2) is 6.65. The highest BCUT2D eigenvalue weighted by molar-refractivity contribution is 5.99. The smallest absolute Gasteiger partial charge is 0.267 e. The predicted octanol–water partition coefficient (Wildman–Crippen LogP) is 2.48. The average molecular weight is 335 g/mol. The van der Waals surface area contributed by atoms with Crippen molar-refractivity contribution in [1.82, 2.24) is 0 Å². The SMILES string of the molecule is CC1Oc2ccc(CC(=O)Nc3cccc(C#N)c3)cc2N(C)C1=O. The van der Waals surface area contributed by atoms with Crippen molar-refractivity contribution >= 4 is 23.2 Å². The van der Waals surface area contributed by atoms with Gasteiger partial charge in [0.15, 0.2) is 6.10 Å². The van der Waals surface area contributed by atoms with Crippen LogP contribution in [0.15, 0.2) is 42.5 Å². The second-order valence-corrected chi connectivity index (χ2v) is 5.88. The van der Waals surface area contributed by atoms with E-state index in [0.717, 1.165) is 5.56 Å². The van der Waals surface area contributed by atoms with Crippen molar-refractivity contribution in [3.63, 3.8) is 0 Å². The lowest BCUT2D eigenvalue weighted by Gasteiger charge is -2.30. The molecular formula is C19H17N3O3. The van der Waals surface area contributed by atoms with Crippen molar-refractivity contribution < 1.29 is 14.3 Å². The van der Waals surface area contributed by atoms with Gasteiger partial charge in [-0.15, -0.1) is 0 Å². The number of fused-ring (bicyclic) bond motifs is 1. The quantitative estimate of drug-likeness (QED) is 0.934. The first-order valence-corrected chi connectivity index (χ1v) is 7.85. The van der Waals surface area contributed by atoms with Crippen LogP contribution >= 0.6 is 0 Å². The van der Waals surface area contributed by atoms with E-state index in [-0.39, 0.29) is 18.2 Å². The number of ether oxygens (including phenoxy) is 1. The highest BCUT2D eigenvalue weighted by Gasteiger charge is 2.28. The van der Waals surface area contributed by atoms with Crippen LogP contribution < -0.4 is 15.0 Å². The van der Waals surface area contributed by atoms with Gasteiger partial charge in [-0.2, -0.15) is 5.26 Å². The minimum absolute atomic E-state index is 0.123. The van der Waals surface area contributed by atoms with E-state index < -0.39 is 6.10 Å². The fourth-order valence-corrected chi connectivity index (χ4v) is 2.72. The summed E-state index contributed by atoms with van der Waals surface area (Å²) in [6, 6.07) is 14.1. The Bertz CT molecular complexity index is 886. The van der Waals surface area contributed by atoms with Crippen LogP contribution in [0.4, 0.5) is 11.4 Å². The molecule has 1 unspecified atom stereocenters. The molecule has 0 saturated carbocycles. The Balaban J connectivity index is 1.74. The Morgan fingerprint density at radius 1 is 1.32 bits per heavy atom. The average Bonchev–Trinajstić information content (AvgIpc) is 2.60. The molecule has 2 aromatic rings. The summed E-state index contributed by atoms with van der Waals surface area (Å²) in [5.74, 6) is 0.303.